The average molecular weight is 280 g/mol. The Kier molecular flexibility index (Phi) is 4.11. The first-order valence-corrected chi connectivity index (χ1v) is 6.15. The lowest BCUT2D eigenvalue weighted by Crippen LogP contribution is -2.20. The van der Waals surface area contributed by atoms with Gasteiger partial charge in [-0.25, -0.2) is 0 Å². The first-order chi connectivity index (χ1) is 9.41. The number of nitrogens with two attached hydrogens (primary N) is 2. The zero-order valence-electron chi connectivity index (χ0n) is 10.7. The molecule has 0 aliphatic heterocycles. The highest BCUT2D eigenvalue weighted by molar-refractivity contribution is 5.64. The van der Waals surface area contributed by atoms with Crippen LogP contribution >= 0.6 is 0 Å². The van der Waals surface area contributed by atoms with Gasteiger partial charge in [0, 0.05) is 12.6 Å². The maximum absolute atomic E-state index is 12.5. The third-order valence-electron chi connectivity index (χ3n) is 3.14. The van der Waals surface area contributed by atoms with E-state index in [2.05, 4.69) is 0 Å². The van der Waals surface area contributed by atoms with E-state index in [1.807, 2.05) is 24.3 Å². The van der Waals surface area contributed by atoms with Crippen LogP contribution in [0, 0.1) is 0 Å². The van der Waals surface area contributed by atoms with Crippen LogP contribution < -0.4 is 11.5 Å². The molecule has 0 bridgehead atoms. The highest BCUT2D eigenvalue weighted by Gasteiger charge is 2.29. The molecule has 0 spiro atoms. The Hall–Kier alpha value is -1.85. The van der Waals surface area contributed by atoms with Crippen molar-refractivity contribution >= 4 is 0 Å². The van der Waals surface area contributed by atoms with Gasteiger partial charge in [0.05, 0.1) is 5.56 Å². The Labute approximate surface area is 115 Å². The minimum Gasteiger partial charge on any atom is -0.329 e. The van der Waals surface area contributed by atoms with Gasteiger partial charge in [-0.15, -0.1) is 0 Å². The summed E-state index contributed by atoms with van der Waals surface area (Å²) < 4.78 is 37.4. The molecule has 0 amide bonds. The molecule has 0 saturated heterocycles. The van der Waals surface area contributed by atoms with Gasteiger partial charge in [-0.1, -0.05) is 36.4 Å². The summed E-state index contributed by atoms with van der Waals surface area (Å²) in [4.78, 5) is 0. The molecule has 0 aliphatic rings. The second kappa shape index (κ2) is 5.64. The maximum atomic E-state index is 12.5. The van der Waals surface area contributed by atoms with Gasteiger partial charge in [0.2, 0.25) is 0 Å². The lowest BCUT2D eigenvalue weighted by Gasteiger charge is -2.11. The lowest BCUT2D eigenvalue weighted by molar-refractivity contribution is -0.137. The molecule has 0 radical (unpaired) electrons. The van der Waals surface area contributed by atoms with E-state index >= 15 is 0 Å². The molecular weight excluding hydrogens is 265 g/mol. The van der Waals surface area contributed by atoms with Crippen LogP contribution in [-0.4, -0.2) is 6.54 Å². The van der Waals surface area contributed by atoms with Gasteiger partial charge in [-0.3, -0.25) is 0 Å². The second-order valence-corrected chi connectivity index (χ2v) is 4.54. The highest BCUT2D eigenvalue weighted by Crippen LogP contribution is 2.31. The molecule has 1 atom stereocenters. The first-order valence-electron chi connectivity index (χ1n) is 6.15. The van der Waals surface area contributed by atoms with Gasteiger partial charge >= 0.3 is 6.18 Å². The topological polar surface area (TPSA) is 52.0 Å². The normalized spacial score (nSPS) is 13.2. The Bertz CT molecular complexity index is 559. The fourth-order valence-electron chi connectivity index (χ4n) is 1.91. The third-order valence-corrected chi connectivity index (χ3v) is 3.14. The minimum atomic E-state index is -4.31. The van der Waals surface area contributed by atoms with Crippen LogP contribution in [0.4, 0.5) is 13.2 Å². The van der Waals surface area contributed by atoms with Crippen LogP contribution in [0.3, 0.4) is 0 Å². The van der Waals surface area contributed by atoms with Gasteiger partial charge in [-0.2, -0.15) is 13.2 Å². The molecule has 2 aromatic carbocycles. The van der Waals surface area contributed by atoms with Crippen molar-refractivity contribution in [3.05, 3.63) is 59.7 Å². The number of hydrogen-bond donors (Lipinski definition) is 2. The third kappa shape index (κ3) is 3.18. The monoisotopic (exact) mass is 280 g/mol. The molecule has 106 valence electrons. The van der Waals surface area contributed by atoms with E-state index in [-0.39, 0.29) is 6.04 Å². The van der Waals surface area contributed by atoms with Crippen molar-refractivity contribution < 1.29 is 13.2 Å². The molecule has 0 aliphatic carbocycles. The van der Waals surface area contributed by atoms with Crippen molar-refractivity contribution in [2.24, 2.45) is 11.5 Å². The molecule has 4 N–H and O–H groups in total. The van der Waals surface area contributed by atoms with Crippen LogP contribution in [0.5, 0.6) is 0 Å². The predicted octanol–water partition coefficient (Wildman–Crippen LogP) is 3.33. The van der Waals surface area contributed by atoms with Crippen molar-refractivity contribution in [3.63, 3.8) is 0 Å². The van der Waals surface area contributed by atoms with Gasteiger partial charge in [0.1, 0.15) is 0 Å². The summed E-state index contributed by atoms with van der Waals surface area (Å²) in [5.74, 6) is 0. The van der Waals surface area contributed by atoms with E-state index in [1.54, 1.807) is 0 Å². The summed E-state index contributed by atoms with van der Waals surface area (Å²) in [5.41, 5.74) is 13.1. The predicted molar refractivity (Wildman–Crippen MR) is 72.9 cm³/mol. The molecular formula is C15H15F3N2. The van der Waals surface area contributed by atoms with Crippen LogP contribution in [0.1, 0.15) is 17.2 Å². The van der Waals surface area contributed by atoms with Gasteiger partial charge < -0.3 is 11.5 Å². The van der Waals surface area contributed by atoms with Crippen molar-refractivity contribution in [3.8, 4) is 11.1 Å². The van der Waals surface area contributed by atoms with E-state index < -0.39 is 11.7 Å². The van der Waals surface area contributed by atoms with Crippen molar-refractivity contribution in [2.75, 3.05) is 6.54 Å². The summed E-state index contributed by atoms with van der Waals surface area (Å²) in [6.45, 7) is 0.347. The average Bonchev–Trinajstić information content (AvgIpc) is 2.46. The molecule has 5 heteroatoms. The Morgan fingerprint density at radius 3 is 1.70 bits per heavy atom. The van der Waals surface area contributed by atoms with E-state index in [0.29, 0.717) is 6.54 Å². The number of alkyl halides is 3. The van der Waals surface area contributed by atoms with Crippen molar-refractivity contribution in [1.29, 1.82) is 0 Å². The first kappa shape index (κ1) is 14.6. The lowest BCUT2D eigenvalue weighted by atomic mass is 10.00. The van der Waals surface area contributed by atoms with Gasteiger partial charge in [0.25, 0.3) is 0 Å². The maximum Gasteiger partial charge on any atom is 0.416 e. The van der Waals surface area contributed by atoms with E-state index in [4.69, 9.17) is 11.5 Å². The summed E-state index contributed by atoms with van der Waals surface area (Å²) in [7, 11) is 0. The molecule has 2 nitrogen and oxygen atoms in total. The molecule has 0 fully saturated rings. The Morgan fingerprint density at radius 2 is 1.30 bits per heavy atom. The smallest absolute Gasteiger partial charge is 0.329 e. The van der Waals surface area contributed by atoms with E-state index in [9.17, 15) is 13.2 Å². The SMILES string of the molecule is NC[C@H](N)c1ccc(-c2ccc(C(F)(F)F)cc2)cc1. The van der Waals surface area contributed by atoms with E-state index in [1.165, 1.54) is 12.1 Å². The van der Waals surface area contributed by atoms with Crippen molar-refractivity contribution in [2.45, 2.75) is 12.2 Å². The minimum absolute atomic E-state index is 0.225. The standard InChI is InChI=1S/C15H15F3N2/c16-15(17,18)13-7-5-11(6-8-13)10-1-3-12(4-2-10)14(20)9-19/h1-8,14H,9,19-20H2/t14-/m0/s1. The molecule has 2 aromatic rings. The summed E-state index contributed by atoms with van der Waals surface area (Å²) >= 11 is 0. The zero-order chi connectivity index (χ0) is 14.8. The fraction of sp³-hybridized carbons (Fsp3) is 0.200. The number of hydrogen-bond acceptors (Lipinski definition) is 2. The van der Waals surface area contributed by atoms with Gasteiger partial charge in [0.15, 0.2) is 0 Å². The van der Waals surface area contributed by atoms with E-state index in [0.717, 1.165) is 28.8 Å². The quantitative estimate of drug-likeness (QED) is 0.906. The van der Waals surface area contributed by atoms with Crippen LogP contribution in [0.15, 0.2) is 48.5 Å². The summed E-state index contributed by atoms with van der Waals surface area (Å²) in [6, 6.07) is 12.2. The van der Waals surface area contributed by atoms with Gasteiger partial charge in [-0.05, 0) is 28.8 Å². The second-order valence-electron chi connectivity index (χ2n) is 4.54. The fourth-order valence-corrected chi connectivity index (χ4v) is 1.91. The number of halogens is 3. The van der Waals surface area contributed by atoms with Crippen LogP contribution in [0.25, 0.3) is 11.1 Å². The number of benzene rings is 2. The zero-order valence-corrected chi connectivity index (χ0v) is 10.7. The molecule has 20 heavy (non-hydrogen) atoms. The number of rotatable bonds is 3. The van der Waals surface area contributed by atoms with Crippen LogP contribution in [0.2, 0.25) is 0 Å². The highest BCUT2D eigenvalue weighted by atomic mass is 19.4. The summed E-state index contributed by atoms with van der Waals surface area (Å²) in [6.07, 6.45) is -4.31. The largest absolute Gasteiger partial charge is 0.416 e. The van der Waals surface area contributed by atoms with Crippen LogP contribution in [-0.2, 0) is 6.18 Å². The molecule has 0 saturated carbocycles. The Morgan fingerprint density at radius 1 is 0.850 bits per heavy atom. The van der Waals surface area contributed by atoms with Crippen molar-refractivity contribution in [1.82, 2.24) is 0 Å². The molecule has 0 heterocycles. The molecule has 2 rings (SSSR count). The molecule has 0 unspecified atom stereocenters. The summed E-state index contributed by atoms with van der Waals surface area (Å²) in [5, 5.41) is 0. The Balaban J connectivity index is 2.24. The molecule has 0 aromatic heterocycles.